The molecule has 0 spiro atoms. The van der Waals surface area contributed by atoms with Crippen molar-refractivity contribution in [3.05, 3.63) is 48.3 Å². The van der Waals surface area contributed by atoms with Crippen LogP contribution in [0.25, 0.3) is 0 Å². The van der Waals surface area contributed by atoms with E-state index in [1.165, 1.54) is 12.1 Å². The number of rotatable bonds is 5. The maximum atomic E-state index is 13.0. The minimum absolute atomic E-state index is 0.0421. The topological polar surface area (TPSA) is 50.2 Å². The number of piperazine rings is 1. The van der Waals surface area contributed by atoms with Crippen LogP contribution in [-0.2, 0) is 11.8 Å². The van der Waals surface area contributed by atoms with E-state index in [1.54, 1.807) is 30.1 Å². The number of carbonyl (C=O) groups is 1. The number of hydrogen-bond acceptors (Lipinski definition) is 4. The number of amides is 1. The van der Waals surface area contributed by atoms with Gasteiger partial charge in [0.15, 0.2) is 0 Å². The number of carbonyl (C=O) groups excluding carboxylic acids is 1. The Morgan fingerprint density at radius 3 is 2.88 bits per heavy atom. The quantitative estimate of drug-likeness (QED) is 0.830. The van der Waals surface area contributed by atoms with E-state index in [1.807, 2.05) is 29.6 Å². The summed E-state index contributed by atoms with van der Waals surface area (Å²) < 4.78 is 15.0. The molecule has 0 radical (unpaired) electrons. The SMILES string of the molecule is CC(CSc1ccc(F)cc1)C(=O)N1CCNCC1c1nccn1C. The second kappa shape index (κ2) is 8.01. The van der Waals surface area contributed by atoms with Crippen molar-refractivity contribution in [2.24, 2.45) is 13.0 Å². The average Bonchev–Trinajstić information content (AvgIpc) is 3.06. The van der Waals surface area contributed by atoms with E-state index in [0.717, 1.165) is 17.3 Å². The van der Waals surface area contributed by atoms with E-state index in [2.05, 4.69) is 10.3 Å². The van der Waals surface area contributed by atoms with E-state index < -0.39 is 0 Å². The molecular weight excluding hydrogens is 339 g/mol. The summed E-state index contributed by atoms with van der Waals surface area (Å²) in [7, 11) is 1.95. The summed E-state index contributed by atoms with van der Waals surface area (Å²) in [6.07, 6.45) is 3.67. The van der Waals surface area contributed by atoms with Gasteiger partial charge in [-0.05, 0) is 24.3 Å². The molecule has 2 atom stereocenters. The van der Waals surface area contributed by atoms with Crippen LogP contribution in [0.15, 0.2) is 41.6 Å². The number of thioether (sulfide) groups is 1. The third-order valence-corrected chi connectivity index (χ3v) is 5.69. The lowest BCUT2D eigenvalue weighted by Crippen LogP contribution is -2.51. The normalized spacial score (nSPS) is 19.0. The Morgan fingerprint density at radius 2 is 2.20 bits per heavy atom. The molecule has 1 aliphatic rings. The fourth-order valence-corrected chi connectivity index (χ4v) is 3.92. The number of nitrogens with zero attached hydrogens (tertiary/aromatic N) is 3. The third-order valence-electron chi connectivity index (χ3n) is 4.42. The van der Waals surface area contributed by atoms with Crippen molar-refractivity contribution >= 4 is 17.7 Å². The zero-order valence-corrected chi connectivity index (χ0v) is 15.3. The lowest BCUT2D eigenvalue weighted by atomic mass is 10.1. The van der Waals surface area contributed by atoms with Crippen molar-refractivity contribution in [3.8, 4) is 0 Å². The first-order valence-electron chi connectivity index (χ1n) is 8.43. The Hall–Kier alpha value is -1.86. The van der Waals surface area contributed by atoms with Gasteiger partial charge in [0.05, 0.1) is 0 Å². The van der Waals surface area contributed by atoms with Crippen molar-refractivity contribution in [1.82, 2.24) is 19.8 Å². The second-order valence-corrected chi connectivity index (χ2v) is 7.41. The molecule has 3 rings (SSSR count). The molecule has 1 aliphatic heterocycles. The number of imidazole rings is 1. The molecule has 2 aromatic rings. The number of nitrogens with one attached hydrogen (secondary N) is 1. The first-order valence-corrected chi connectivity index (χ1v) is 9.41. The molecule has 1 aromatic heterocycles. The van der Waals surface area contributed by atoms with Crippen molar-refractivity contribution in [1.29, 1.82) is 0 Å². The fourth-order valence-electron chi connectivity index (χ4n) is 3.00. The molecule has 1 amide bonds. The molecule has 1 aromatic carbocycles. The molecule has 1 N–H and O–H groups in total. The van der Waals surface area contributed by atoms with Crippen molar-refractivity contribution in [2.75, 3.05) is 25.4 Å². The van der Waals surface area contributed by atoms with E-state index in [4.69, 9.17) is 0 Å². The van der Waals surface area contributed by atoms with Crippen LogP contribution in [0.3, 0.4) is 0 Å². The maximum Gasteiger partial charge on any atom is 0.226 e. The van der Waals surface area contributed by atoms with Gasteiger partial charge in [0.25, 0.3) is 0 Å². The number of aromatic nitrogens is 2. The first kappa shape index (κ1) is 17.9. The van der Waals surface area contributed by atoms with E-state index in [-0.39, 0.29) is 23.7 Å². The van der Waals surface area contributed by atoms with Crippen LogP contribution in [0.1, 0.15) is 18.8 Å². The Bertz CT molecular complexity index is 718. The predicted octanol–water partition coefficient (Wildman–Crippen LogP) is 2.46. The van der Waals surface area contributed by atoms with Gasteiger partial charge in [0.1, 0.15) is 17.7 Å². The van der Waals surface area contributed by atoms with Gasteiger partial charge in [0, 0.05) is 55.6 Å². The lowest BCUT2D eigenvalue weighted by Gasteiger charge is -2.37. The molecule has 134 valence electrons. The van der Waals surface area contributed by atoms with Crippen LogP contribution in [0.4, 0.5) is 4.39 Å². The highest BCUT2D eigenvalue weighted by Gasteiger charge is 2.32. The van der Waals surface area contributed by atoms with Crippen LogP contribution < -0.4 is 5.32 Å². The number of benzene rings is 1. The zero-order valence-electron chi connectivity index (χ0n) is 14.5. The molecule has 1 fully saturated rings. The molecule has 0 saturated carbocycles. The molecule has 2 heterocycles. The van der Waals surface area contributed by atoms with Crippen LogP contribution in [0.2, 0.25) is 0 Å². The van der Waals surface area contributed by atoms with Crippen LogP contribution in [0, 0.1) is 11.7 Å². The Labute approximate surface area is 151 Å². The van der Waals surface area contributed by atoms with Gasteiger partial charge in [-0.15, -0.1) is 11.8 Å². The maximum absolute atomic E-state index is 13.0. The van der Waals surface area contributed by atoms with Gasteiger partial charge in [-0.2, -0.15) is 0 Å². The van der Waals surface area contributed by atoms with Crippen molar-refractivity contribution in [3.63, 3.8) is 0 Å². The largest absolute Gasteiger partial charge is 0.336 e. The van der Waals surface area contributed by atoms with Gasteiger partial charge < -0.3 is 14.8 Å². The summed E-state index contributed by atoms with van der Waals surface area (Å²) >= 11 is 1.58. The second-order valence-electron chi connectivity index (χ2n) is 6.31. The lowest BCUT2D eigenvalue weighted by molar-refractivity contribution is -0.137. The van der Waals surface area contributed by atoms with Gasteiger partial charge in [-0.25, -0.2) is 9.37 Å². The van der Waals surface area contributed by atoms with Crippen molar-refractivity contribution in [2.45, 2.75) is 17.9 Å². The fraction of sp³-hybridized carbons (Fsp3) is 0.444. The Kier molecular flexibility index (Phi) is 5.75. The van der Waals surface area contributed by atoms with E-state index in [0.29, 0.717) is 18.8 Å². The molecule has 7 heteroatoms. The highest BCUT2D eigenvalue weighted by atomic mass is 32.2. The van der Waals surface area contributed by atoms with Gasteiger partial charge in [0.2, 0.25) is 5.91 Å². The summed E-state index contributed by atoms with van der Waals surface area (Å²) in [4.78, 5) is 20.3. The van der Waals surface area contributed by atoms with E-state index in [9.17, 15) is 9.18 Å². The van der Waals surface area contributed by atoms with Crippen LogP contribution in [-0.4, -0.2) is 45.7 Å². The van der Waals surface area contributed by atoms with E-state index >= 15 is 0 Å². The summed E-state index contributed by atoms with van der Waals surface area (Å²) in [6.45, 7) is 4.15. The monoisotopic (exact) mass is 362 g/mol. The predicted molar refractivity (Wildman–Crippen MR) is 96.8 cm³/mol. The molecule has 1 saturated heterocycles. The standard InChI is InChI=1S/C18H23FN4OS/c1-13(12-25-15-5-3-14(19)4-6-15)18(24)23-10-7-20-11-16(23)17-21-8-9-22(17)2/h3-6,8-9,13,16,20H,7,10-12H2,1-2H3. The Balaban J connectivity index is 1.65. The minimum atomic E-state index is -0.243. The highest BCUT2D eigenvalue weighted by Crippen LogP contribution is 2.26. The molecular formula is C18H23FN4OS. The van der Waals surface area contributed by atoms with Gasteiger partial charge in [-0.1, -0.05) is 6.92 Å². The minimum Gasteiger partial charge on any atom is -0.336 e. The van der Waals surface area contributed by atoms with Gasteiger partial charge >= 0.3 is 0 Å². The Morgan fingerprint density at radius 1 is 1.44 bits per heavy atom. The summed E-state index contributed by atoms with van der Waals surface area (Å²) in [5, 5.41) is 3.35. The number of hydrogen-bond donors (Lipinski definition) is 1. The molecule has 0 aliphatic carbocycles. The summed E-state index contributed by atoms with van der Waals surface area (Å²) in [5.74, 6) is 1.35. The van der Waals surface area contributed by atoms with Crippen LogP contribution >= 0.6 is 11.8 Å². The molecule has 2 unspecified atom stereocenters. The van der Waals surface area contributed by atoms with Gasteiger partial charge in [-0.3, -0.25) is 4.79 Å². The third kappa shape index (κ3) is 4.22. The molecule has 0 bridgehead atoms. The average molecular weight is 362 g/mol. The molecule has 5 nitrogen and oxygen atoms in total. The summed E-state index contributed by atoms with van der Waals surface area (Å²) in [5.41, 5.74) is 0. The van der Waals surface area contributed by atoms with Crippen LogP contribution in [0.5, 0.6) is 0 Å². The molecule has 25 heavy (non-hydrogen) atoms. The number of aryl methyl sites for hydroxylation is 1. The number of halogens is 1. The first-order chi connectivity index (χ1) is 12.1. The zero-order chi connectivity index (χ0) is 17.8. The van der Waals surface area contributed by atoms with Crippen molar-refractivity contribution < 1.29 is 9.18 Å². The highest BCUT2D eigenvalue weighted by molar-refractivity contribution is 7.99. The summed E-state index contributed by atoms with van der Waals surface area (Å²) in [6, 6.07) is 6.35. The smallest absolute Gasteiger partial charge is 0.226 e.